The van der Waals surface area contributed by atoms with Crippen LogP contribution in [-0.4, -0.2) is 24.2 Å². The van der Waals surface area contributed by atoms with E-state index < -0.39 is 0 Å². The maximum Gasteiger partial charge on any atom is 0.251 e. The van der Waals surface area contributed by atoms with Crippen molar-refractivity contribution in [3.63, 3.8) is 0 Å². The Morgan fingerprint density at radius 2 is 1.96 bits per heavy atom. The first-order valence-corrected chi connectivity index (χ1v) is 7.55. The number of aliphatic hydroxyl groups is 1. The van der Waals surface area contributed by atoms with Crippen molar-refractivity contribution in [2.45, 2.75) is 13.0 Å². The Balaban J connectivity index is 1.95. The first-order valence-electron chi connectivity index (χ1n) is 7.55. The first kappa shape index (κ1) is 17.4. The topological polar surface area (TPSA) is 85.2 Å². The van der Waals surface area contributed by atoms with Crippen LogP contribution in [0.3, 0.4) is 0 Å². The van der Waals surface area contributed by atoms with Gasteiger partial charge in [-0.05, 0) is 48.9 Å². The van der Waals surface area contributed by atoms with Crippen molar-refractivity contribution in [3.8, 4) is 6.07 Å². The number of halogens is 1. The molecule has 3 N–H and O–H groups in total. The van der Waals surface area contributed by atoms with E-state index in [2.05, 4.69) is 10.6 Å². The van der Waals surface area contributed by atoms with E-state index in [9.17, 15) is 9.18 Å². The van der Waals surface area contributed by atoms with Gasteiger partial charge in [-0.2, -0.15) is 5.26 Å². The van der Waals surface area contributed by atoms with E-state index in [4.69, 9.17) is 10.4 Å². The van der Waals surface area contributed by atoms with Gasteiger partial charge in [0.05, 0.1) is 11.6 Å². The van der Waals surface area contributed by atoms with E-state index in [0.29, 0.717) is 29.7 Å². The number of nitrogens with one attached hydrogen (secondary N) is 2. The zero-order valence-corrected chi connectivity index (χ0v) is 13.1. The third kappa shape index (κ3) is 4.80. The maximum absolute atomic E-state index is 13.7. The lowest BCUT2D eigenvalue weighted by Gasteiger charge is -2.09. The number of hydrogen-bond acceptors (Lipinski definition) is 4. The van der Waals surface area contributed by atoms with Gasteiger partial charge in [0.25, 0.3) is 5.91 Å². The van der Waals surface area contributed by atoms with Gasteiger partial charge < -0.3 is 15.7 Å². The molecule has 0 fully saturated rings. The van der Waals surface area contributed by atoms with Crippen molar-refractivity contribution < 1.29 is 14.3 Å². The predicted octanol–water partition coefficient (Wildman–Crippen LogP) is 2.42. The van der Waals surface area contributed by atoms with E-state index in [0.717, 1.165) is 5.69 Å². The Hall–Kier alpha value is -2.91. The summed E-state index contributed by atoms with van der Waals surface area (Å²) in [6.45, 7) is 0.694. The summed E-state index contributed by atoms with van der Waals surface area (Å²) < 4.78 is 13.7. The van der Waals surface area contributed by atoms with Gasteiger partial charge in [0.1, 0.15) is 5.82 Å². The number of nitrogens with zero attached hydrogens (tertiary/aromatic N) is 1. The average Bonchev–Trinajstić information content (AvgIpc) is 2.61. The monoisotopic (exact) mass is 327 g/mol. The summed E-state index contributed by atoms with van der Waals surface area (Å²) in [6, 6.07) is 13.0. The van der Waals surface area contributed by atoms with Crippen LogP contribution >= 0.6 is 0 Å². The van der Waals surface area contributed by atoms with Crippen LogP contribution in [0.2, 0.25) is 0 Å². The smallest absolute Gasteiger partial charge is 0.251 e. The van der Waals surface area contributed by atoms with Gasteiger partial charge in [-0.15, -0.1) is 0 Å². The standard InChI is InChI=1S/C18H18FN3O2/c19-17-7-2-13(11-20)10-15(17)12-22-16-5-3-14(4-6-16)18(24)21-8-1-9-23/h2-7,10,22-23H,1,8-9,12H2,(H,21,24). The fraction of sp³-hybridized carbons (Fsp3) is 0.222. The molecule has 124 valence electrons. The van der Waals surface area contributed by atoms with Crippen LogP contribution in [0, 0.1) is 17.1 Å². The van der Waals surface area contributed by atoms with E-state index in [-0.39, 0.29) is 24.9 Å². The molecule has 0 aromatic heterocycles. The number of benzene rings is 2. The summed E-state index contributed by atoms with van der Waals surface area (Å²) in [6.07, 6.45) is 0.513. The highest BCUT2D eigenvalue weighted by molar-refractivity contribution is 5.94. The van der Waals surface area contributed by atoms with Gasteiger partial charge in [-0.3, -0.25) is 4.79 Å². The Bertz CT molecular complexity index is 739. The van der Waals surface area contributed by atoms with Gasteiger partial charge in [0, 0.05) is 36.5 Å². The number of hydrogen-bond donors (Lipinski definition) is 3. The Morgan fingerprint density at radius 1 is 1.21 bits per heavy atom. The molecule has 5 nitrogen and oxygen atoms in total. The molecule has 2 aromatic carbocycles. The minimum atomic E-state index is -0.374. The molecule has 24 heavy (non-hydrogen) atoms. The third-order valence-corrected chi connectivity index (χ3v) is 3.43. The Labute approximate surface area is 139 Å². The molecule has 2 aromatic rings. The molecule has 0 radical (unpaired) electrons. The van der Waals surface area contributed by atoms with Crippen LogP contribution in [0.5, 0.6) is 0 Å². The molecule has 0 saturated heterocycles. The number of aliphatic hydroxyl groups excluding tert-OH is 1. The highest BCUT2D eigenvalue weighted by Crippen LogP contribution is 2.14. The fourth-order valence-corrected chi connectivity index (χ4v) is 2.10. The number of amides is 1. The van der Waals surface area contributed by atoms with Gasteiger partial charge in [-0.1, -0.05) is 0 Å². The summed E-state index contributed by atoms with van der Waals surface area (Å²) >= 11 is 0. The van der Waals surface area contributed by atoms with E-state index in [1.807, 2.05) is 6.07 Å². The second kappa shape index (κ2) is 8.65. The van der Waals surface area contributed by atoms with Crippen LogP contribution in [-0.2, 0) is 6.54 Å². The number of nitriles is 1. The average molecular weight is 327 g/mol. The summed E-state index contributed by atoms with van der Waals surface area (Å²) in [5, 5.41) is 23.3. The Kier molecular flexibility index (Phi) is 6.29. The van der Waals surface area contributed by atoms with Gasteiger partial charge in [0.2, 0.25) is 0 Å². The summed E-state index contributed by atoms with van der Waals surface area (Å²) in [7, 11) is 0. The van der Waals surface area contributed by atoms with Crippen LogP contribution in [0.15, 0.2) is 42.5 Å². The van der Waals surface area contributed by atoms with E-state index >= 15 is 0 Å². The lowest BCUT2D eigenvalue weighted by Crippen LogP contribution is -2.24. The van der Waals surface area contributed by atoms with E-state index in [1.54, 1.807) is 24.3 Å². The zero-order chi connectivity index (χ0) is 17.4. The first-order chi connectivity index (χ1) is 11.6. The van der Waals surface area contributed by atoms with Crippen LogP contribution < -0.4 is 10.6 Å². The molecule has 2 rings (SSSR count). The van der Waals surface area contributed by atoms with Crippen molar-refractivity contribution in [3.05, 3.63) is 65.0 Å². The minimum Gasteiger partial charge on any atom is -0.396 e. The normalized spacial score (nSPS) is 10.0. The van der Waals surface area contributed by atoms with Crippen LogP contribution in [0.1, 0.15) is 27.9 Å². The molecule has 0 unspecified atom stereocenters. The molecule has 0 atom stereocenters. The SMILES string of the molecule is N#Cc1ccc(F)c(CNc2ccc(C(=O)NCCCO)cc2)c1. The molecule has 0 spiro atoms. The van der Waals surface area contributed by atoms with Crippen molar-refractivity contribution in [1.82, 2.24) is 5.32 Å². The quantitative estimate of drug-likeness (QED) is 0.682. The number of carbonyl (C=O) groups is 1. The molecule has 0 aliphatic rings. The molecule has 0 aliphatic carbocycles. The molecule has 0 aliphatic heterocycles. The highest BCUT2D eigenvalue weighted by atomic mass is 19.1. The van der Waals surface area contributed by atoms with Gasteiger partial charge in [-0.25, -0.2) is 4.39 Å². The second-order valence-electron chi connectivity index (χ2n) is 5.18. The molecule has 6 heteroatoms. The van der Waals surface area contributed by atoms with Crippen molar-refractivity contribution in [1.29, 1.82) is 5.26 Å². The second-order valence-corrected chi connectivity index (χ2v) is 5.18. The van der Waals surface area contributed by atoms with Gasteiger partial charge >= 0.3 is 0 Å². The maximum atomic E-state index is 13.7. The summed E-state index contributed by atoms with van der Waals surface area (Å²) in [5.41, 5.74) is 2.06. The van der Waals surface area contributed by atoms with Gasteiger partial charge in [0.15, 0.2) is 0 Å². The van der Waals surface area contributed by atoms with E-state index in [1.165, 1.54) is 18.2 Å². The lowest BCUT2D eigenvalue weighted by molar-refractivity contribution is 0.0951. The minimum absolute atomic E-state index is 0.0344. The molecule has 0 bridgehead atoms. The van der Waals surface area contributed by atoms with Crippen LogP contribution in [0.4, 0.5) is 10.1 Å². The third-order valence-electron chi connectivity index (χ3n) is 3.43. The Morgan fingerprint density at radius 3 is 2.62 bits per heavy atom. The van der Waals surface area contributed by atoms with Crippen molar-refractivity contribution in [2.75, 3.05) is 18.5 Å². The lowest BCUT2D eigenvalue weighted by atomic mass is 10.1. The fourth-order valence-electron chi connectivity index (χ4n) is 2.10. The predicted molar refractivity (Wildman–Crippen MR) is 88.9 cm³/mol. The summed E-state index contributed by atoms with van der Waals surface area (Å²) in [5.74, 6) is -0.579. The molecule has 1 amide bonds. The molecular weight excluding hydrogens is 309 g/mol. The van der Waals surface area contributed by atoms with Crippen molar-refractivity contribution in [2.24, 2.45) is 0 Å². The number of carbonyl (C=O) groups excluding carboxylic acids is 1. The number of anilines is 1. The molecule has 0 heterocycles. The highest BCUT2D eigenvalue weighted by Gasteiger charge is 2.06. The van der Waals surface area contributed by atoms with Crippen LogP contribution in [0.25, 0.3) is 0 Å². The van der Waals surface area contributed by atoms with Crippen molar-refractivity contribution >= 4 is 11.6 Å². The zero-order valence-electron chi connectivity index (χ0n) is 13.1. The summed E-state index contributed by atoms with van der Waals surface area (Å²) in [4.78, 5) is 11.8. The molecular formula is C18H18FN3O2. The number of rotatable bonds is 7. The molecule has 0 saturated carbocycles. The largest absolute Gasteiger partial charge is 0.396 e.